The predicted octanol–water partition coefficient (Wildman–Crippen LogP) is 0.0757. The van der Waals surface area contributed by atoms with Crippen LogP contribution in [0.15, 0.2) is 0 Å². The van der Waals surface area contributed by atoms with Crippen molar-refractivity contribution in [3.8, 4) is 0 Å². The highest BCUT2D eigenvalue weighted by Gasteiger charge is 1.98. The Balaban J connectivity index is 3.10. The summed E-state index contributed by atoms with van der Waals surface area (Å²) < 4.78 is 4.72. The molecule has 11 heavy (non-hydrogen) atoms. The lowest BCUT2D eigenvalue weighted by molar-refractivity contribution is -0.143. The molecule has 0 spiro atoms. The zero-order chi connectivity index (χ0) is 8.53. The number of carbonyl (C=O) groups is 2. The van der Waals surface area contributed by atoms with Crippen LogP contribution in [-0.4, -0.2) is 25.5 Å². The van der Waals surface area contributed by atoms with Gasteiger partial charge in [-0.3, -0.25) is 9.59 Å². The third kappa shape index (κ3) is 6.83. The van der Waals surface area contributed by atoms with Gasteiger partial charge in [0.15, 0.2) is 0 Å². The first-order valence-corrected chi connectivity index (χ1v) is 3.64. The molecule has 0 heterocycles. The molecule has 0 aliphatic carbocycles. The number of esters is 1. The van der Waals surface area contributed by atoms with Gasteiger partial charge in [-0.1, -0.05) is 6.92 Å². The van der Waals surface area contributed by atoms with E-state index in [0.29, 0.717) is 19.4 Å². The van der Waals surface area contributed by atoms with Crippen LogP contribution in [0, 0.1) is 0 Å². The van der Waals surface area contributed by atoms with Crippen molar-refractivity contribution in [2.24, 2.45) is 0 Å². The van der Waals surface area contributed by atoms with Gasteiger partial charge in [0, 0.05) is 6.42 Å². The summed E-state index contributed by atoms with van der Waals surface area (Å²) in [6.07, 6.45) is 1.81. The summed E-state index contributed by atoms with van der Waals surface area (Å²) in [5, 5.41) is 2.39. The summed E-state index contributed by atoms with van der Waals surface area (Å²) >= 11 is 0. The van der Waals surface area contributed by atoms with E-state index in [2.05, 4.69) is 5.32 Å². The normalized spacial score (nSPS) is 8.82. The van der Waals surface area contributed by atoms with Gasteiger partial charge in [0.1, 0.15) is 6.61 Å². The largest absolute Gasteiger partial charge is 0.464 e. The van der Waals surface area contributed by atoms with E-state index < -0.39 is 0 Å². The van der Waals surface area contributed by atoms with Crippen LogP contribution in [0.25, 0.3) is 0 Å². The van der Waals surface area contributed by atoms with E-state index in [0.717, 1.165) is 6.42 Å². The first kappa shape index (κ1) is 9.94. The zero-order valence-electron chi connectivity index (χ0n) is 6.63. The Morgan fingerprint density at radius 2 is 2.36 bits per heavy atom. The lowest BCUT2D eigenvalue weighted by Crippen LogP contribution is -2.19. The molecule has 0 unspecified atom stereocenters. The highest BCUT2D eigenvalue weighted by Crippen LogP contribution is 1.89. The predicted molar refractivity (Wildman–Crippen MR) is 39.9 cm³/mol. The zero-order valence-corrected chi connectivity index (χ0v) is 6.63. The van der Waals surface area contributed by atoms with Gasteiger partial charge in [0.25, 0.3) is 0 Å². The molecule has 0 atom stereocenters. The van der Waals surface area contributed by atoms with Gasteiger partial charge in [0.05, 0.1) is 6.54 Å². The molecule has 0 radical (unpaired) electrons. The SMILES string of the molecule is CCCC(=O)OCCNC=O. The second kappa shape index (κ2) is 7.05. The van der Waals surface area contributed by atoms with E-state index in [-0.39, 0.29) is 12.6 Å². The van der Waals surface area contributed by atoms with Crippen LogP contribution in [0.1, 0.15) is 19.8 Å². The topological polar surface area (TPSA) is 55.4 Å². The average Bonchev–Trinajstić information content (AvgIpc) is 1.99. The maximum Gasteiger partial charge on any atom is 0.305 e. The van der Waals surface area contributed by atoms with Crippen molar-refractivity contribution in [3.63, 3.8) is 0 Å². The van der Waals surface area contributed by atoms with Gasteiger partial charge < -0.3 is 10.1 Å². The summed E-state index contributed by atoms with van der Waals surface area (Å²) in [6, 6.07) is 0. The molecule has 64 valence electrons. The first-order chi connectivity index (χ1) is 5.31. The van der Waals surface area contributed by atoms with Crippen molar-refractivity contribution in [1.29, 1.82) is 0 Å². The summed E-state index contributed by atoms with van der Waals surface area (Å²) in [7, 11) is 0. The molecule has 1 N–H and O–H groups in total. The van der Waals surface area contributed by atoms with E-state index in [1.165, 1.54) is 0 Å². The Morgan fingerprint density at radius 3 is 2.91 bits per heavy atom. The molecule has 4 nitrogen and oxygen atoms in total. The maximum absolute atomic E-state index is 10.7. The number of hydrogen-bond donors (Lipinski definition) is 1. The van der Waals surface area contributed by atoms with Crippen LogP contribution in [-0.2, 0) is 14.3 Å². The molecule has 0 aromatic heterocycles. The fourth-order valence-electron chi connectivity index (χ4n) is 0.559. The Kier molecular flexibility index (Phi) is 6.37. The molecule has 0 aromatic carbocycles. The lowest BCUT2D eigenvalue weighted by Gasteiger charge is -2.01. The minimum Gasteiger partial charge on any atom is -0.464 e. The number of ether oxygens (including phenoxy) is 1. The second-order valence-corrected chi connectivity index (χ2v) is 2.04. The third-order valence-corrected chi connectivity index (χ3v) is 1.05. The van der Waals surface area contributed by atoms with Gasteiger partial charge in [-0.25, -0.2) is 0 Å². The van der Waals surface area contributed by atoms with E-state index in [1.54, 1.807) is 0 Å². The number of nitrogens with one attached hydrogen (secondary N) is 1. The minimum absolute atomic E-state index is 0.208. The van der Waals surface area contributed by atoms with Crippen molar-refractivity contribution in [2.45, 2.75) is 19.8 Å². The van der Waals surface area contributed by atoms with Gasteiger partial charge in [-0.15, -0.1) is 0 Å². The van der Waals surface area contributed by atoms with Gasteiger partial charge >= 0.3 is 5.97 Å². The summed E-state index contributed by atoms with van der Waals surface area (Å²) in [4.78, 5) is 20.4. The van der Waals surface area contributed by atoms with Crippen LogP contribution < -0.4 is 5.32 Å². The molecular weight excluding hydrogens is 146 g/mol. The number of carbonyl (C=O) groups excluding carboxylic acids is 2. The van der Waals surface area contributed by atoms with Gasteiger partial charge in [-0.05, 0) is 6.42 Å². The highest BCUT2D eigenvalue weighted by atomic mass is 16.5. The van der Waals surface area contributed by atoms with Gasteiger partial charge in [-0.2, -0.15) is 0 Å². The number of rotatable bonds is 6. The van der Waals surface area contributed by atoms with Crippen LogP contribution in [0.5, 0.6) is 0 Å². The van der Waals surface area contributed by atoms with Crippen molar-refractivity contribution in [2.75, 3.05) is 13.2 Å². The summed E-state index contributed by atoms with van der Waals surface area (Å²) in [5.74, 6) is -0.208. The Bertz CT molecular complexity index is 125. The number of amides is 1. The van der Waals surface area contributed by atoms with Crippen LogP contribution in [0.2, 0.25) is 0 Å². The monoisotopic (exact) mass is 159 g/mol. The van der Waals surface area contributed by atoms with Crippen LogP contribution >= 0.6 is 0 Å². The standard InChI is InChI=1S/C7H13NO3/c1-2-3-7(10)11-5-4-8-6-9/h6H,2-5H2,1H3,(H,8,9). The molecule has 0 saturated heterocycles. The van der Waals surface area contributed by atoms with E-state index in [1.807, 2.05) is 6.92 Å². The minimum atomic E-state index is -0.208. The van der Waals surface area contributed by atoms with E-state index in [9.17, 15) is 9.59 Å². The molecule has 0 aromatic rings. The Labute approximate surface area is 65.9 Å². The average molecular weight is 159 g/mol. The fourth-order valence-corrected chi connectivity index (χ4v) is 0.559. The molecule has 4 heteroatoms. The second-order valence-electron chi connectivity index (χ2n) is 2.04. The molecular formula is C7H13NO3. The maximum atomic E-state index is 10.7. The van der Waals surface area contributed by atoms with Crippen molar-refractivity contribution in [3.05, 3.63) is 0 Å². The third-order valence-electron chi connectivity index (χ3n) is 1.05. The summed E-state index contributed by atoms with van der Waals surface area (Å²) in [6.45, 7) is 2.56. The molecule has 0 aliphatic heterocycles. The Morgan fingerprint density at radius 1 is 1.64 bits per heavy atom. The fraction of sp³-hybridized carbons (Fsp3) is 0.714. The molecule has 0 saturated carbocycles. The molecule has 0 aliphatic rings. The smallest absolute Gasteiger partial charge is 0.305 e. The van der Waals surface area contributed by atoms with Crippen LogP contribution in [0.3, 0.4) is 0 Å². The van der Waals surface area contributed by atoms with E-state index >= 15 is 0 Å². The van der Waals surface area contributed by atoms with Crippen molar-refractivity contribution >= 4 is 12.4 Å². The quantitative estimate of drug-likeness (QED) is 0.339. The Hall–Kier alpha value is -1.06. The lowest BCUT2D eigenvalue weighted by atomic mass is 10.3. The molecule has 0 fully saturated rings. The van der Waals surface area contributed by atoms with Crippen molar-refractivity contribution < 1.29 is 14.3 Å². The number of hydrogen-bond acceptors (Lipinski definition) is 3. The van der Waals surface area contributed by atoms with E-state index in [4.69, 9.17) is 4.74 Å². The molecule has 1 amide bonds. The highest BCUT2D eigenvalue weighted by molar-refractivity contribution is 5.69. The van der Waals surface area contributed by atoms with Gasteiger partial charge in [0.2, 0.25) is 6.41 Å². The summed E-state index contributed by atoms with van der Waals surface area (Å²) in [5.41, 5.74) is 0. The molecule has 0 bridgehead atoms. The molecule has 0 rings (SSSR count). The first-order valence-electron chi connectivity index (χ1n) is 3.64. The van der Waals surface area contributed by atoms with Crippen LogP contribution in [0.4, 0.5) is 0 Å². The van der Waals surface area contributed by atoms with Crippen molar-refractivity contribution in [1.82, 2.24) is 5.32 Å².